The van der Waals surface area contributed by atoms with Gasteiger partial charge in [0.15, 0.2) is 0 Å². The predicted molar refractivity (Wildman–Crippen MR) is 138 cm³/mol. The Morgan fingerprint density at radius 1 is 1.05 bits per heavy atom. The van der Waals surface area contributed by atoms with Gasteiger partial charge in [-0.3, -0.25) is 0 Å². The molecule has 202 valence electrons. The number of urea groups is 1. The maximum atomic E-state index is 14.7. The number of esters is 2. The smallest absolute Gasteiger partial charge is 0.336 e. The highest BCUT2D eigenvalue weighted by atomic mass is 19.1. The topological polar surface area (TPSA) is 109 Å². The van der Waals surface area contributed by atoms with Crippen LogP contribution >= 0.6 is 0 Å². The zero-order valence-corrected chi connectivity index (χ0v) is 22.2. The molecule has 2 aliphatic rings. The van der Waals surface area contributed by atoms with Crippen molar-refractivity contribution >= 4 is 23.7 Å². The van der Waals surface area contributed by atoms with Gasteiger partial charge in [0, 0.05) is 17.9 Å². The molecule has 0 aromatic heterocycles. The molecule has 9 nitrogen and oxygen atoms in total. The molecular formula is C27H37FN4O5. The first-order chi connectivity index (χ1) is 17.7. The van der Waals surface area contributed by atoms with Crippen LogP contribution in [0.2, 0.25) is 0 Å². The number of allylic oxidation sites excluding steroid dienone is 2. The fraction of sp³-hybridized carbons (Fsp3) is 0.519. The number of amides is 2. The van der Waals surface area contributed by atoms with Gasteiger partial charge in [0.1, 0.15) is 5.82 Å². The fourth-order valence-corrected chi connectivity index (χ4v) is 4.86. The Morgan fingerprint density at radius 3 is 2.22 bits per heavy atom. The van der Waals surface area contributed by atoms with Crippen LogP contribution in [0, 0.1) is 11.7 Å². The zero-order valence-electron chi connectivity index (χ0n) is 22.2. The molecule has 0 unspecified atom stereocenters. The molecule has 10 heteroatoms. The Hall–Kier alpha value is -3.40. The van der Waals surface area contributed by atoms with E-state index in [-0.39, 0.29) is 16.8 Å². The van der Waals surface area contributed by atoms with Crippen molar-refractivity contribution in [2.75, 3.05) is 45.7 Å². The maximum Gasteiger partial charge on any atom is 0.336 e. The minimum atomic E-state index is -0.877. The van der Waals surface area contributed by atoms with Crippen molar-refractivity contribution in [1.29, 1.82) is 0 Å². The van der Waals surface area contributed by atoms with E-state index < -0.39 is 29.7 Å². The van der Waals surface area contributed by atoms with Crippen LogP contribution < -0.4 is 16.0 Å². The van der Waals surface area contributed by atoms with Crippen molar-refractivity contribution < 1.29 is 28.2 Å². The van der Waals surface area contributed by atoms with E-state index in [0.717, 1.165) is 32.0 Å². The summed E-state index contributed by atoms with van der Waals surface area (Å²) in [6, 6.07) is 3.55. The maximum absolute atomic E-state index is 14.7. The average molecular weight is 517 g/mol. The van der Waals surface area contributed by atoms with Gasteiger partial charge in [0.25, 0.3) is 0 Å². The third-order valence-electron chi connectivity index (χ3n) is 6.96. The Labute approximate surface area is 217 Å². The average Bonchev–Trinajstić information content (AvgIpc) is 2.87. The zero-order chi connectivity index (χ0) is 27.1. The quantitative estimate of drug-likeness (QED) is 0.358. The Bertz CT molecular complexity index is 1050. The van der Waals surface area contributed by atoms with E-state index >= 15 is 0 Å². The first kappa shape index (κ1) is 28.2. The van der Waals surface area contributed by atoms with Gasteiger partial charge in [0.2, 0.25) is 0 Å². The summed E-state index contributed by atoms with van der Waals surface area (Å²) >= 11 is 0. The van der Waals surface area contributed by atoms with E-state index in [1.807, 2.05) is 0 Å². The third kappa shape index (κ3) is 6.88. The van der Waals surface area contributed by atoms with Gasteiger partial charge in [-0.2, -0.15) is 0 Å². The second-order valence-corrected chi connectivity index (χ2v) is 9.62. The van der Waals surface area contributed by atoms with Gasteiger partial charge in [-0.25, -0.2) is 18.8 Å². The second-order valence-electron chi connectivity index (χ2n) is 9.62. The van der Waals surface area contributed by atoms with Crippen LogP contribution in [0.25, 0.3) is 0 Å². The highest BCUT2D eigenvalue weighted by Crippen LogP contribution is 2.40. The first-order valence-corrected chi connectivity index (χ1v) is 12.6. The number of carbonyl (C=O) groups excluding carboxylic acids is 3. The minimum absolute atomic E-state index is 0.0673. The number of ether oxygens (including phenoxy) is 2. The van der Waals surface area contributed by atoms with Crippen LogP contribution in [0.4, 0.5) is 14.9 Å². The molecule has 0 spiro atoms. The van der Waals surface area contributed by atoms with Crippen LogP contribution in [-0.2, 0) is 19.1 Å². The molecule has 0 saturated carbocycles. The first-order valence-electron chi connectivity index (χ1n) is 12.6. The third-order valence-corrected chi connectivity index (χ3v) is 6.96. The number of methoxy groups -OCH3 is 2. The molecule has 0 radical (unpaired) electrons. The minimum Gasteiger partial charge on any atom is -0.466 e. The molecule has 0 bridgehead atoms. The monoisotopic (exact) mass is 516 g/mol. The summed E-state index contributed by atoms with van der Waals surface area (Å²) < 4.78 is 24.6. The van der Waals surface area contributed by atoms with Gasteiger partial charge < -0.3 is 30.3 Å². The molecule has 1 aromatic rings. The molecule has 0 aliphatic carbocycles. The van der Waals surface area contributed by atoms with Gasteiger partial charge in [-0.1, -0.05) is 13.0 Å². The van der Waals surface area contributed by atoms with Gasteiger partial charge >= 0.3 is 18.0 Å². The van der Waals surface area contributed by atoms with E-state index in [9.17, 15) is 18.8 Å². The van der Waals surface area contributed by atoms with Crippen LogP contribution in [0.5, 0.6) is 0 Å². The van der Waals surface area contributed by atoms with Crippen molar-refractivity contribution in [2.45, 2.75) is 46.0 Å². The standard InChI is InChI=1S/C27H37FN4O5/c1-16-9-13-32(14-10-16)12-6-11-29-27(35)31-21-15-19(7-8-20(21)28)24-22(25(33)36-4)17(2)30-18(3)23(24)26(34)37-5/h7-8,15-16,24,30H,6,9-14H2,1-5H3,(H2,29,31,35). The fourth-order valence-electron chi connectivity index (χ4n) is 4.86. The normalized spacial score (nSPS) is 17.4. The largest absolute Gasteiger partial charge is 0.466 e. The second kappa shape index (κ2) is 12.7. The molecule has 3 N–H and O–H groups in total. The summed E-state index contributed by atoms with van der Waals surface area (Å²) in [5.74, 6) is -2.03. The van der Waals surface area contributed by atoms with E-state index in [1.165, 1.54) is 45.3 Å². The highest BCUT2D eigenvalue weighted by molar-refractivity contribution is 6.00. The van der Waals surface area contributed by atoms with Crippen molar-refractivity contribution in [3.8, 4) is 0 Å². The molecule has 0 atom stereocenters. The number of nitrogens with one attached hydrogen (secondary N) is 3. The number of halogens is 1. The van der Waals surface area contributed by atoms with Crippen LogP contribution in [0.15, 0.2) is 40.7 Å². The Balaban J connectivity index is 1.75. The summed E-state index contributed by atoms with van der Waals surface area (Å²) in [4.78, 5) is 40.3. The van der Waals surface area contributed by atoms with Gasteiger partial charge in [-0.15, -0.1) is 0 Å². The molecule has 37 heavy (non-hydrogen) atoms. The van der Waals surface area contributed by atoms with E-state index in [4.69, 9.17) is 9.47 Å². The number of likely N-dealkylation sites (tertiary alicyclic amines) is 1. The lowest BCUT2D eigenvalue weighted by molar-refractivity contribution is -0.137. The van der Waals surface area contributed by atoms with E-state index in [0.29, 0.717) is 23.5 Å². The van der Waals surface area contributed by atoms with Crippen LogP contribution in [-0.4, -0.2) is 63.3 Å². The van der Waals surface area contributed by atoms with Gasteiger partial charge in [-0.05, 0) is 76.4 Å². The number of hydrogen-bond donors (Lipinski definition) is 3. The van der Waals surface area contributed by atoms with Gasteiger partial charge in [0.05, 0.1) is 37.0 Å². The number of anilines is 1. The summed E-state index contributed by atoms with van der Waals surface area (Å²) in [5, 5.41) is 8.35. The lowest BCUT2D eigenvalue weighted by Crippen LogP contribution is -2.36. The molecule has 2 aliphatic heterocycles. The molecule has 2 heterocycles. The highest BCUT2D eigenvalue weighted by Gasteiger charge is 2.38. The number of carbonyl (C=O) groups is 3. The van der Waals surface area contributed by atoms with E-state index in [1.54, 1.807) is 13.8 Å². The van der Waals surface area contributed by atoms with Crippen LogP contribution in [0.3, 0.4) is 0 Å². The Kier molecular flexibility index (Phi) is 9.68. The SMILES string of the molecule is COC(=O)C1=C(C)NC(C)=C(C(=O)OC)C1c1ccc(F)c(NC(=O)NCCCN2CCC(C)CC2)c1. The Morgan fingerprint density at radius 2 is 1.65 bits per heavy atom. The molecule has 1 saturated heterocycles. The molecule has 3 rings (SSSR count). The van der Waals surface area contributed by atoms with Crippen molar-refractivity contribution in [2.24, 2.45) is 5.92 Å². The molecule has 1 fully saturated rings. The summed E-state index contributed by atoms with van der Waals surface area (Å²) in [7, 11) is 2.49. The predicted octanol–water partition coefficient (Wildman–Crippen LogP) is 3.65. The summed E-state index contributed by atoms with van der Waals surface area (Å²) in [6.45, 7) is 9.15. The number of rotatable bonds is 8. The lowest BCUT2D eigenvalue weighted by atomic mass is 9.80. The van der Waals surface area contributed by atoms with Crippen LogP contribution in [0.1, 0.15) is 51.5 Å². The number of dihydropyridines is 1. The molecule has 1 aromatic carbocycles. The molecular weight excluding hydrogens is 479 g/mol. The van der Waals surface area contributed by atoms with E-state index in [2.05, 4.69) is 27.8 Å². The number of benzene rings is 1. The molecule has 2 amide bonds. The lowest BCUT2D eigenvalue weighted by Gasteiger charge is -2.30. The summed E-state index contributed by atoms with van der Waals surface area (Å²) in [6.07, 6.45) is 3.18. The van der Waals surface area contributed by atoms with Crippen molar-refractivity contribution in [3.63, 3.8) is 0 Å². The van der Waals surface area contributed by atoms with Crippen molar-refractivity contribution in [1.82, 2.24) is 15.5 Å². The summed E-state index contributed by atoms with van der Waals surface area (Å²) in [5.41, 5.74) is 1.76. The number of hydrogen-bond acceptors (Lipinski definition) is 7. The number of piperidine rings is 1. The number of nitrogens with zero attached hydrogens (tertiary/aromatic N) is 1. The van der Waals surface area contributed by atoms with Crippen molar-refractivity contribution in [3.05, 3.63) is 52.1 Å².